The molecule has 0 radical (unpaired) electrons. The maximum absolute atomic E-state index is 8.91. The fourth-order valence-corrected chi connectivity index (χ4v) is 1.91. The van der Waals surface area contributed by atoms with Gasteiger partial charge in [-0.3, -0.25) is 0 Å². The molecule has 0 amide bonds. The predicted molar refractivity (Wildman–Crippen MR) is 83.2 cm³/mol. The highest BCUT2D eigenvalue weighted by Crippen LogP contribution is 2.14. The molecule has 5 nitrogen and oxygen atoms in total. The molecule has 1 unspecified atom stereocenters. The Balaban J connectivity index is 2.51. The van der Waals surface area contributed by atoms with Crippen molar-refractivity contribution in [2.24, 2.45) is 10.9 Å². The first-order valence-electron chi connectivity index (χ1n) is 6.99. The highest BCUT2D eigenvalue weighted by atomic mass is 16.4. The van der Waals surface area contributed by atoms with Gasteiger partial charge in [0.15, 0.2) is 0 Å². The van der Waals surface area contributed by atoms with Crippen LogP contribution in [0.1, 0.15) is 25.3 Å². The molecule has 0 aromatic heterocycles. The van der Waals surface area contributed by atoms with E-state index < -0.39 is 0 Å². The van der Waals surface area contributed by atoms with Crippen molar-refractivity contribution in [3.8, 4) is 0 Å². The van der Waals surface area contributed by atoms with E-state index in [2.05, 4.69) is 36.3 Å². The van der Waals surface area contributed by atoms with E-state index in [-0.39, 0.29) is 11.8 Å². The highest BCUT2D eigenvalue weighted by Gasteiger charge is 2.16. The van der Waals surface area contributed by atoms with Crippen LogP contribution in [0.25, 0.3) is 0 Å². The van der Waals surface area contributed by atoms with Crippen molar-refractivity contribution >= 4 is 5.84 Å². The zero-order valence-electron chi connectivity index (χ0n) is 12.6. The number of benzene rings is 1. The number of nitrogens with two attached hydrogens (primary N) is 1. The third-order valence-electron chi connectivity index (χ3n) is 3.55. The largest absolute Gasteiger partial charge is 0.409 e. The lowest BCUT2D eigenvalue weighted by Gasteiger charge is -2.22. The van der Waals surface area contributed by atoms with E-state index in [0.717, 1.165) is 18.7 Å². The Morgan fingerprint density at radius 1 is 1.35 bits per heavy atom. The quantitative estimate of drug-likeness (QED) is 0.221. The van der Waals surface area contributed by atoms with Crippen LogP contribution in [0.4, 0.5) is 0 Å². The zero-order valence-corrected chi connectivity index (χ0v) is 12.6. The van der Waals surface area contributed by atoms with Gasteiger partial charge in [0.1, 0.15) is 5.84 Å². The van der Waals surface area contributed by atoms with Gasteiger partial charge in [0.2, 0.25) is 0 Å². The van der Waals surface area contributed by atoms with Gasteiger partial charge in [-0.25, -0.2) is 0 Å². The molecule has 1 rings (SSSR count). The molecule has 0 bridgehead atoms. The Labute approximate surface area is 121 Å². The first kappa shape index (κ1) is 16.5. The number of nitrogens with one attached hydrogen (secondary N) is 1. The second-order valence-corrected chi connectivity index (χ2v) is 5.27. The molecule has 0 aliphatic carbocycles. The molecule has 0 heterocycles. The monoisotopic (exact) mass is 278 g/mol. The Kier molecular flexibility index (Phi) is 7.04. The van der Waals surface area contributed by atoms with Crippen LogP contribution in [0.2, 0.25) is 0 Å². The Hall–Kier alpha value is -1.59. The smallest absolute Gasteiger partial charge is 0.147 e. The summed E-state index contributed by atoms with van der Waals surface area (Å²) in [5.74, 6) is 0.131. The minimum Gasteiger partial charge on any atom is -0.409 e. The molecule has 0 saturated heterocycles. The molecular formula is C15H26N4O. The summed E-state index contributed by atoms with van der Waals surface area (Å²) in [6.45, 7) is 6.84. The molecule has 0 saturated carbocycles. The van der Waals surface area contributed by atoms with E-state index in [1.807, 2.05) is 30.3 Å². The summed E-state index contributed by atoms with van der Waals surface area (Å²) >= 11 is 0. The summed E-state index contributed by atoms with van der Waals surface area (Å²) < 4.78 is 0. The van der Waals surface area contributed by atoms with Gasteiger partial charge in [0.05, 0.1) is 5.92 Å². The summed E-state index contributed by atoms with van der Waals surface area (Å²) in [6, 6.07) is 10.4. The van der Waals surface area contributed by atoms with E-state index >= 15 is 0 Å². The molecular weight excluding hydrogens is 252 g/mol. The number of nitrogens with zero attached hydrogens (tertiary/aromatic N) is 2. The topological polar surface area (TPSA) is 73.9 Å². The normalized spacial score (nSPS) is 13.9. The fourth-order valence-electron chi connectivity index (χ4n) is 1.91. The Morgan fingerprint density at radius 3 is 2.55 bits per heavy atom. The summed E-state index contributed by atoms with van der Waals surface area (Å²) in [5.41, 5.74) is 6.84. The number of hydrogen-bond acceptors (Lipinski definition) is 4. The summed E-state index contributed by atoms with van der Waals surface area (Å²) in [7, 11) is 2.10. The summed E-state index contributed by atoms with van der Waals surface area (Å²) in [5, 5.41) is 15.4. The number of rotatable bonds is 8. The van der Waals surface area contributed by atoms with Gasteiger partial charge >= 0.3 is 0 Å². The van der Waals surface area contributed by atoms with Crippen molar-refractivity contribution < 1.29 is 5.21 Å². The van der Waals surface area contributed by atoms with Crippen molar-refractivity contribution in [3.63, 3.8) is 0 Å². The van der Waals surface area contributed by atoms with Gasteiger partial charge < -0.3 is 21.2 Å². The van der Waals surface area contributed by atoms with Crippen LogP contribution in [0.5, 0.6) is 0 Å². The van der Waals surface area contributed by atoms with Gasteiger partial charge in [0, 0.05) is 25.7 Å². The first-order valence-corrected chi connectivity index (χ1v) is 6.99. The van der Waals surface area contributed by atoms with E-state index in [4.69, 9.17) is 10.9 Å². The average Bonchev–Trinajstić information content (AvgIpc) is 2.47. The molecule has 0 spiro atoms. The van der Waals surface area contributed by atoms with Crippen molar-refractivity contribution in [1.82, 2.24) is 10.2 Å². The van der Waals surface area contributed by atoms with Gasteiger partial charge in [-0.05, 0) is 26.5 Å². The van der Waals surface area contributed by atoms with E-state index in [0.29, 0.717) is 12.6 Å². The van der Waals surface area contributed by atoms with Crippen LogP contribution in [-0.2, 0) is 0 Å². The Morgan fingerprint density at radius 2 is 2.00 bits per heavy atom. The van der Waals surface area contributed by atoms with Gasteiger partial charge in [-0.2, -0.15) is 0 Å². The van der Waals surface area contributed by atoms with Crippen LogP contribution >= 0.6 is 0 Å². The van der Waals surface area contributed by atoms with Crippen LogP contribution < -0.4 is 11.1 Å². The maximum atomic E-state index is 8.91. The van der Waals surface area contributed by atoms with Crippen LogP contribution in [0, 0.1) is 0 Å². The molecule has 1 atom stereocenters. The second kappa shape index (κ2) is 8.55. The second-order valence-electron chi connectivity index (χ2n) is 5.27. The number of amidine groups is 1. The molecule has 1 aromatic carbocycles. The molecule has 5 heteroatoms. The molecule has 20 heavy (non-hydrogen) atoms. The number of likely N-dealkylation sites (N-methyl/N-ethyl adjacent to an activating group) is 1. The molecule has 0 aliphatic heterocycles. The predicted octanol–water partition coefficient (Wildman–Crippen LogP) is 1.45. The standard InChI is InChI=1S/C15H26N4O/c1-12(2)19(3)10-9-17-11-14(15(16)18-20)13-7-5-4-6-8-13/h4-8,12,14,17,20H,9-11H2,1-3H3,(H2,16,18). The fraction of sp³-hybridized carbons (Fsp3) is 0.533. The van der Waals surface area contributed by atoms with Gasteiger partial charge in [-0.1, -0.05) is 35.5 Å². The maximum Gasteiger partial charge on any atom is 0.147 e. The van der Waals surface area contributed by atoms with Crippen LogP contribution in [0.15, 0.2) is 35.5 Å². The van der Waals surface area contributed by atoms with Crippen LogP contribution in [-0.4, -0.2) is 48.7 Å². The number of hydrogen-bond donors (Lipinski definition) is 3. The van der Waals surface area contributed by atoms with Crippen molar-refractivity contribution in [2.45, 2.75) is 25.8 Å². The van der Waals surface area contributed by atoms with Crippen molar-refractivity contribution in [3.05, 3.63) is 35.9 Å². The molecule has 1 aromatic rings. The molecule has 112 valence electrons. The third-order valence-corrected chi connectivity index (χ3v) is 3.55. The minimum atomic E-state index is -0.106. The Bertz CT molecular complexity index is 406. The van der Waals surface area contributed by atoms with Gasteiger partial charge in [-0.15, -0.1) is 0 Å². The SMILES string of the molecule is CC(C)N(C)CCNCC(C(N)=NO)c1ccccc1. The lowest BCUT2D eigenvalue weighted by Crippen LogP contribution is -2.37. The zero-order chi connectivity index (χ0) is 15.0. The van der Waals surface area contributed by atoms with E-state index in [9.17, 15) is 0 Å². The lowest BCUT2D eigenvalue weighted by atomic mass is 9.98. The van der Waals surface area contributed by atoms with Gasteiger partial charge in [0.25, 0.3) is 0 Å². The van der Waals surface area contributed by atoms with E-state index in [1.54, 1.807) is 0 Å². The number of oxime groups is 1. The van der Waals surface area contributed by atoms with Crippen molar-refractivity contribution in [2.75, 3.05) is 26.7 Å². The summed E-state index contributed by atoms with van der Waals surface area (Å²) in [6.07, 6.45) is 0. The van der Waals surface area contributed by atoms with Crippen LogP contribution in [0.3, 0.4) is 0 Å². The third kappa shape index (κ3) is 5.19. The molecule has 4 N–H and O–H groups in total. The average molecular weight is 278 g/mol. The lowest BCUT2D eigenvalue weighted by molar-refractivity contribution is 0.273. The molecule has 0 aliphatic rings. The highest BCUT2D eigenvalue weighted by molar-refractivity contribution is 5.87. The first-order chi connectivity index (χ1) is 9.56. The van der Waals surface area contributed by atoms with Crippen molar-refractivity contribution in [1.29, 1.82) is 0 Å². The minimum absolute atomic E-state index is 0.106. The van der Waals surface area contributed by atoms with E-state index in [1.165, 1.54) is 0 Å². The molecule has 0 fully saturated rings. The summed E-state index contributed by atoms with van der Waals surface area (Å²) in [4.78, 5) is 2.27.